The number of nitro groups is 1. The molecule has 3 rings (SSSR count). The third kappa shape index (κ3) is 2.51. The van der Waals surface area contributed by atoms with Crippen molar-refractivity contribution in [1.82, 2.24) is 0 Å². The van der Waals surface area contributed by atoms with Crippen molar-refractivity contribution >= 4 is 29.4 Å². The van der Waals surface area contributed by atoms with E-state index in [0.29, 0.717) is 0 Å². The van der Waals surface area contributed by atoms with Crippen molar-refractivity contribution in [3.63, 3.8) is 0 Å². The van der Waals surface area contributed by atoms with Crippen molar-refractivity contribution in [3.8, 4) is 11.1 Å². The van der Waals surface area contributed by atoms with Gasteiger partial charge >= 0.3 is 7.48 Å². The molecule has 0 saturated carbocycles. The fourth-order valence-corrected chi connectivity index (χ4v) is 2.37. The van der Waals surface area contributed by atoms with Crippen LogP contribution in [0.15, 0.2) is 60.7 Å². The van der Waals surface area contributed by atoms with Gasteiger partial charge in [-0.3, -0.25) is 10.1 Å². The second-order valence-electron chi connectivity index (χ2n) is 4.72. The molecular formula is C16H11BNO3. The first kappa shape index (κ1) is 13.3. The lowest BCUT2D eigenvalue weighted by Gasteiger charge is -2.06. The van der Waals surface area contributed by atoms with Gasteiger partial charge in [-0.05, 0) is 34.0 Å². The molecule has 0 aromatic heterocycles. The molecule has 0 amide bonds. The molecule has 0 spiro atoms. The van der Waals surface area contributed by atoms with E-state index in [-0.39, 0.29) is 11.2 Å². The molecule has 0 atom stereocenters. The first-order valence-electron chi connectivity index (χ1n) is 6.44. The van der Waals surface area contributed by atoms with Crippen LogP contribution in [0.2, 0.25) is 0 Å². The minimum absolute atomic E-state index is 0.109. The Morgan fingerprint density at radius 3 is 2.29 bits per heavy atom. The molecule has 0 aliphatic heterocycles. The summed E-state index contributed by atoms with van der Waals surface area (Å²) in [7, 11) is 0.767. The third-order valence-corrected chi connectivity index (χ3v) is 3.45. The van der Waals surface area contributed by atoms with Gasteiger partial charge in [-0.15, -0.1) is 0 Å². The number of benzene rings is 3. The number of hydrogen-bond acceptors (Lipinski definition) is 3. The van der Waals surface area contributed by atoms with E-state index in [2.05, 4.69) is 0 Å². The summed E-state index contributed by atoms with van der Waals surface area (Å²) in [5, 5.41) is 22.3. The summed E-state index contributed by atoms with van der Waals surface area (Å²) < 4.78 is 0. The topological polar surface area (TPSA) is 63.4 Å². The summed E-state index contributed by atoms with van der Waals surface area (Å²) in [6.07, 6.45) is 0. The molecule has 1 radical (unpaired) electrons. The van der Waals surface area contributed by atoms with E-state index in [1.807, 2.05) is 42.5 Å². The van der Waals surface area contributed by atoms with Crippen LogP contribution in [0.25, 0.3) is 21.9 Å². The summed E-state index contributed by atoms with van der Waals surface area (Å²) >= 11 is 0. The molecule has 4 nitrogen and oxygen atoms in total. The van der Waals surface area contributed by atoms with Gasteiger partial charge in [-0.25, -0.2) is 0 Å². The Labute approximate surface area is 122 Å². The van der Waals surface area contributed by atoms with Crippen LogP contribution >= 0.6 is 0 Å². The van der Waals surface area contributed by atoms with Gasteiger partial charge in [-0.1, -0.05) is 42.5 Å². The minimum atomic E-state index is -0.508. The highest BCUT2D eigenvalue weighted by Gasteiger charge is 2.14. The standard InChI is InChI=1S/C16H11BNO3/c19-17-15-10-14(7-8-16(15)18(20)21)13-6-5-11-3-1-2-4-12(11)9-13/h1-10,19H. The van der Waals surface area contributed by atoms with Gasteiger partial charge in [-0.2, -0.15) is 0 Å². The van der Waals surface area contributed by atoms with Gasteiger partial charge in [0, 0.05) is 11.5 Å². The second kappa shape index (κ2) is 5.38. The maximum atomic E-state index is 10.9. The lowest BCUT2D eigenvalue weighted by atomic mass is 9.84. The van der Waals surface area contributed by atoms with Gasteiger partial charge in [0.1, 0.15) is 0 Å². The van der Waals surface area contributed by atoms with Crippen LogP contribution in [0.3, 0.4) is 0 Å². The quantitative estimate of drug-likeness (QED) is 0.454. The molecule has 3 aromatic rings. The van der Waals surface area contributed by atoms with Crippen LogP contribution in [-0.4, -0.2) is 17.4 Å². The van der Waals surface area contributed by atoms with Crippen molar-refractivity contribution in [2.45, 2.75) is 0 Å². The smallest absolute Gasteiger partial charge is 0.334 e. The lowest BCUT2D eigenvalue weighted by Crippen LogP contribution is -2.18. The third-order valence-electron chi connectivity index (χ3n) is 3.45. The largest absolute Gasteiger partial charge is 0.450 e. The molecule has 1 N–H and O–H groups in total. The van der Waals surface area contributed by atoms with Crippen LogP contribution in [-0.2, 0) is 0 Å². The molecule has 5 heteroatoms. The molecule has 0 heterocycles. The van der Waals surface area contributed by atoms with Gasteiger partial charge in [0.05, 0.1) is 4.92 Å². The highest BCUT2D eigenvalue weighted by molar-refractivity contribution is 6.47. The molecule has 101 valence electrons. The van der Waals surface area contributed by atoms with Crippen LogP contribution in [0.5, 0.6) is 0 Å². The Hall–Kier alpha value is -2.66. The van der Waals surface area contributed by atoms with Crippen molar-refractivity contribution in [2.24, 2.45) is 0 Å². The van der Waals surface area contributed by atoms with E-state index in [1.165, 1.54) is 6.07 Å². The van der Waals surface area contributed by atoms with Crippen molar-refractivity contribution < 1.29 is 9.95 Å². The lowest BCUT2D eigenvalue weighted by molar-refractivity contribution is -0.383. The SMILES string of the molecule is O=[N+]([O-])c1ccc(-c2ccc3ccccc3c2)cc1[B]O. The van der Waals surface area contributed by atoms with E-state index in [4.69, 9.17) is 0 Å². The maximum Gasteiger partial charge on any atom is 0.334 e. The highest BCUT2D eigenvalue weighted by atomic mass is 16.6. The van der Waals surface area contributed by atoms with Crippen LogP contribution in [0.1, 0.15) is 0 Å². The van der Waals surface area contributed by atoms with Crippen molar-refractivity contribution in [2.75, 3.05) is 0 Å². The van der Waals surface area contributed by atoms with Crippen molar-refractivity contribution in [1.29, 1.82) is 0 Å². The number of nitrogens with zero attached hydrogens (tertiary/aromatic N) is 1. The predicted octanol–water partition coefficient (Wildman–Crippen LogP) is 2.65. The molecule has 0 unspecified atom stereocenters. The van der Waals surface area contributed by atoms with Crippen LogP contribution in [0.4, 0.5) is 5.69 Å². The Bertz CT molecular complexity index is 833. The van der Waals surface area contributed by atoms with E-state index in [0.717, 1.165) is 29.4 Å². The minimum Gasteiger partial charge on any atom is -0.450 e. The molecular weight excluding hydrogens is 265 g/mol. The van der Waals surface area contributed by atoms with E-state index in [1.54, 1.807) is 12.1 Å². The first-order chi connectivity index (χ1) is 10.2. The summed E-state index contributed by atoms with van der Waals surface area (Å²) in [6, 6.07) is 18.7. The zero-order valence-electron chi connectivity index (χ0n) is 11.1. The molecule has 0 saturated heterocycles. The number of hydrogen-bond donors (Lipinski definition) is 1. The zero-order chi connectivity index (χ0) is 14.8. The fraction of sp³-hybridized carbons (Fsp3) is 0. The average Bonchev–Trinajstić information content (AvgIpc) is 2.53. The van der Waals surface area contributed by atoms with Crippen LogP contribution < -0.4 is 5.46 Å². The van der Waals surface area contributed by atoms with Gasteiger partial charge < -0.3 is 5.02 Å². The van der Waals surface area contributed by atoms with E-state index < -0.39 is 4.92 Å². The summed E-state index contributed by atoms with van der Waals surface area (Å²) in [5.41, 5.74) is 1.87. The van der Waals surface area contributed by atoms with Gasteiger partial charge in [0.15, 0.2) is 0 Å². The summed E-state index contributed by atoms with van der Waals surface area (Å²) in [4.78, 5) is 10.4. The molecule has 0 fully saturated rings. The Kier molecular flexibility index (Phi) is 3.42. The van der Waals surface area contributed by atoms with E-state index in [9.17, 15) is 15.1 Å². The highest BCUT2D eigenvalue weighted by Crippen LogP contribution is 2.25. The van der Waals surface area contributed by atoms with Crippen molar-refractivity contribution in [3.05, 3.63) is 70.8 Å². The molecule has 0 aliphatic rings. The fourth-order valence-electron chi connectivity index (χ4n) is 2.37. The van der Waals surface area contributed by atoms with Crippen LogP contribution in [0, 0.1) is 10.1 Å². The average molecular weight is 276 g/mol. The normalized spacial score (nSPS) is 10.5. The van der Waals surface area contributed by atoms with Gasteiger partial charge in [0.25, 0.3) is 5.69 Å². The Balaban J connectivity index is 2.11. The number of fused-ring (bicyclic) bond motifs is 1. The molecule has 0 aliphatic carbocycles. The number of nitro benzene ring substituents is 1. The number of rotatable bonds is 3. The molecule has 0 bridgehead atoms. The molecule has 21 heavy (non-hydrogen) atoms. The maximum absolute atomic E-state index is 10.9. The zero-order valence-corrected chi connectivity index (χ0v) is 11.1. The molecule has 3 aromatic carbocycles. The van der Waals surface area contributed by atoms with Gasteiger partial charge in [0.2, 0.25) is 0 Å². The second-order valence-corrected chi connectivity index (χ2v) is 4.72. The monoisotopic (exact) mass is 276 g/mol. The van der Waals surface area contributed by atoms with E-state index >= 15 is 0 Å². The Morgan fingerprint density at radius 1 is 0.905 bits per heavy atom. The predicted molar refractivity (Wildman–Crippen MR) is 83.6 cm³/mol. The Morgan fingerprint density at radius 2 is 1.57 bits per heavy atom. The summed E-state index contributed by atoms with van der Waals surface area (Å²) in [6.45, 7) is 0. The summed E-state index contributed by atoms with van der Waals surface area (Å²) in [5.74, 6) is 0. The first-order valence-corrected chi connectivity index (χ1v) is 6.44.